The largest absolute Gasteiger partial charge is 0.481 e. The maximum atomic E-state index is 11.1. The molecule has 0 bridgehead atoms. The second-order valence-electron chi connectivity index (χ2n) is 4.59. The Labute approximate surface area is 118 Å². The Balaban J connectivity index is 0.000000796. The van der Waals surface area contributed by atoms with Crippen molar-refractivity contribution in [3.8, 4) is 0 Å². The lowest BCUT2D eigenvalue weighted by Gasteiger charge is -2.21. The Morgan fingerprint density at radius 3 is 2.15 bits per heavy atom. The van der Waals surface area contributed by atoms with Gasteiger partial charge >= 0.3 is 12.1 Å². The molecule has 1 saturated carbocycles. The normalized spacial score (nSPS) is 14.5. The van der Waals surface area contributed by atoms with E-state index in [0.29, 0.717) is 12.5 Å². The van der Waals surface area contributed by atoms with Crippen LogP contribution in [0.2, 0.25) is 0 Å². The molecule has 0 unspecified atom stereocenters. The lowest BCUT2D eigenvalue weighted by Crippen LogP contribution is -2.31. The van der Waals surface area contributed by atoms with Gasteiger partial charge in [-0.25, -0.2) is 4.79 Å². The molecule has 1 aliphatic rings. The number of carboxylic acids is 1. The quantitative estimate of drug-likeness (QED) is 0.605. The Hall–Kier alpha value is -1.79. The molecule has 7 nitrogen and oxygen atoms in total. The molecule has 116 valence electrons. The second kappa shape index (κ2) is 11.1. The number of ether oxygens (including phenoxy) is 2. The van der Waals surface area contributed by atoms with Crippen LogP contribution in [0.1, 0.15) is 46.0 Å². The molecule has 1 amide bonds. The van der Waals surface area contributed by atoms with Crippen LogP contribution in [0.4, 0.5) is 4.79 Å². The zero-order valence-electron chi connectivity index (χ0n) is 12.0. The van der Waals surface area contributed by atoms with Crippen molar-refractivity contribution in [2.45, 2.75) is 46.0 Å². The van der Waals surface area contributed by atoms with E-state index in [0.717, 1.165) is 6.92 Å². The first kappa shape index (κ1) is 18.2. The van der Waals surface area contributed by atoms with E-state index < -0.39 is 18.0 Å². The van der Waals surface area contributed by atoms with Crippen LogP contribution in [0, 0.1) is 5.92 Å². The fraction of sp³-hybridized carbons (Fsp3) is 0.769. The lowest BCUT2D eigenvalue weighted by molar-refractivity contribution is -0.149. The molecule has 0 aliphatic heterocycles. The highest BCUT2D eigenvalue weighted by atomic mass is 16.7. The van der Waals surface area contributed by atoms with Crippen molar-refractivity contribution in [2.75, 3.05) is 13.3 Å². The smallest absolute Gasteiger partial charge is 0.410 e. The van der Waals surface area contributed by atoms with E-state index in [-0.39, 0.29) is 6.79 Å². The highest BCUT2D eigenvalue weighted by Gasteiger charge is 2.14. The summed E-state index contributed by atoms with van der Waals surface area (Å²) in [5.41, 5.74) is 0. The van der Waals surface area contributed by atoms with Crippen LogP contribution in [0.15, 0.2) is 0 Å². The van der Waals surface area contributed by atoms with Crippen molar-refractivity contribution in [2.24, 2.45) is 5.92 Å². The number of amides is 1. The van der Waals surface area contributed by atoms with Gasteiger partial charge in [0.1, 0.15) is 0 Å². The van der Waals surface area contributed by atoms with Gasteiger partial charge in [0, 0.05) is 20.4 Å². The van der Waals surface area contributed by atoms with Gasteiger partial charge in [-0.15, -0.1) is 0 Å². The molecule has 1 aliphatic carbocycles. The van der Waals surface area contributed by atoms with Crippen molar-refractivity contribution >= 4 is 18.0 Å². The second-order valence-corrected chi connectivity index (χ2v) is 4.59. The summed E-state index contributed by atoms with van der Waals surface area (Å²) < 4.78 is 9.13. The Morgan fingerprint density at radius 2 is 1.65 bits per heavy atom. The van der Waals surface area contributed by atoms with E-state index >= 15 is 0 Å². The third-order valence-corrected chi connectivity index (χ3v) is 2.71. The summed E-state index contributed by atoms with van der Waals surface area (Å²) >= 11 is 0. The minimum Gasteiger partial charge on any atom is -0.481 e. The van der Waals surface area contributed by atoms with Crippen molar-refractivity contribution < 1.29 is 29.0 Å². The van der Waals surface area contributed by atoms with Gasteiger partial charge in [-0.3, -0.25) is 9.59 Å². The van der Waals surface area contributed by atoms with E-state index in [4.69, 9.17) is 9.90 Å². The fourth-order valence-corrected chi connectivity index (χ4v) is 1.84. The van der Waals surface area contributed by atoms with E-state index in [2.05, 4.69) is 14.8 Å². The maximum absolute atomic E-state index is 11.1. The number of esters is 1. The molecule has 7 heteroatoms. The third kappa shape index (κ3) is 12.7. The lowest BCUT2D eigenvalue weighted by atomic mass is 9.89. The zero-order valence-corrected chi connectivity index (χ0v) is 12.0. The number of hydrogen-bond acceptors (Lipinski definition) is 5. The van der Waals surface area contributed by atoms with Crippen LogP contribution in [0.25, 0.3) is 0 Å². The fourth-order valence-electron chi connectivity index (χ4n) is 1.84. The number of aliphatic carboxylic acids is 1. The van der Waals surface area contributed by atoms with Gasteiger partial charge in [0.2, 0.25) is 6.79 Å². The van der Waals surface area contributed by atoms with Crippen LogP contribution >= 0.6 is 0 Å². The molecule has 0 aromatic carbocycles. The number of alkyl carbamates (subject to hydrolysis) is 1. The topological polar surface area (TPSA) is 102 Å². The molecule has 0 aromatic rings. The van der Waals surface area contributed by atoms with E-state index in [1.165, 1.54) is 39.0 Å². The predicted octanol–water partition coefficient (Wildman–Crippen LogP) is 1.90. The van der Waals surface area contributed by atoms with Crippen LogP contribution in [-0.2, 0) is 19.1 Å². The van der Waals surface area contributed by atoms with Crippen LogP contribution in [-0.4, -0.2) is 36.5 Å². The third-order valence-electron chi connectivity index (χ3n) is 2.71. The summed E-state index contributed by atoms with van der Waals surface area (Å²) in [6.07, 6.45) is 5.61. The molecule has 0 heterocycles. The Morgan fingerprint density at radius 1 is 1.10 bits per heavy atom. The molecule has 0 spiro atoms. The van der Waals surface area contributed by atoms with Crippen molar-refractivity contribution in [3.05, 3.63) is 0 Å². The van der Waals surface area contributed by atoms with Gasteiger partial charge in [0.05, 0.1) is 0 Å². The summed E-state index contributed by atoms with van der Waals surface area (Å²) in [5, 5.41) is 10.1. The van der Waals surface area contributed by atoms with Crippen LogP contribution in [0.5, 0.6) is 0 Å². The molecule has 20 heavy (non-hydrogen) atoms. The summed E-state index contributed by atoms with van der Waals surface area (Å²) in [7, 11) is 0. The molecule has 0 aromatic heterocycles. The number of carboxylic acid groups (broad SMARTS) is 1. The molecule has 1 rings (SSSR count). The van der Waals surface area contributed by atoms with E-state index in [9.17, 15) is 9.59 Å². The SMILES string of the molecule is CC(=O)O.CC(=O)OCOC(=O)NCC1CCCCC1. The Kier molecular flexibility index (Phi) is 10.1. The first-order valence-corrected chi connectivity index (χ1v) is 6.65. The van der Waals surface area contributed by atoms with Gasteiger partial charge in [0.25, 0.3) is 5.97 Å². The number of rotatable bonds is 4. The summed E-state index contributed by atoms with van der Waals surface area (Å²) in [5.74, 6) is -0.727. The molecule has 0 atom stereocenters. The molecular formula is C13H23NO6. The van der Waals surface area contributed by atoms with Crippen LogP contribution in [0.3, 0.4) is 0 Å². The van der Waals surface area contributed by atoms with Gasteiger partial charge in [-0.05, 0) is 18.8 Å². The van der Waals surface area contributed by atoms with Crippen molar-refractivity contribution in [1.82, 2.24) is 5.32 Å². The standard InChI is InChI=1S/C11H19NO4.C2H4O2/c1-9(13)15-8-16-11(14)12-7-10-5-3-2-4-6-10;1-2(3)4/h10H,2-8H2,1H3,(H,12,14);1H3,(H,3,4). The average Bonchev–Trinajstić information content (AvgIpc) is 2.36. The predicted molar refractivity (Wildman–Crippen MR) is 71.0 cm³/mol. The highest BCUT2D eigenvalue weighted by molar-refractivity contribution is 5.68. The van der Waals surface area contributed by atoms with Gasteiger partial charge in [-0.1, -0.05) is 19.3 Å². The Bertz CT molecular complexity index is 308. The number of carbonyl (C=O) groups is 3. The van der Waals surface area contributed by atoms with Crippen molar-refractivity contribution in [3.63, 3.8) is 0 Å². The minimum absolute atomic E-state index is 0.314. The van der Waals surface area contributed by atoms with E-state index in [1.54, 1.807) is 0 Å². The zero-order chi connectivity index (χ0) is 15.4. The highest BCUT2D eigenvalue weighted by Crippen LogP contribution is 2.22. The van der Waals surface area contributed by atoms with E-state index in [1.807, 2.05) is 0 Å². The monoisotopic (exact) mass is 289 g/mol. The molecule has 0 saturated heterocycles. The average molecular weight is 289 g/mol. The summed E-state index contributed by atoms with van der Waals surface area (Å²) in [6, 6.07) is 0. The first-order chi connectivity index (χ1) is 9.41. The number of hydrogen-bond donors (Lipinski definition) is 2. The molecule has 1 fully saturated rings. The molecule has 2 N–H and O–H groups in total. The summed E-state index contributed by atoms with van der Waals surface area (Å²) in [6.45, 7) is 2.69. The molecular weight excluding hydrogens is 266 g/mol. The minimum atomic E-state index is -0.833. The molecule has 0 radical (unpaired) electrons. The van der Waals surface area contributed by atoms with Crippen molar-refractivity contribution in [1.29, 1.82) is 0 Å². The maximum Gasteiger partial charge on any atom is 0.410 e. The summed E-state index contributed by atoms with van der Waals surface area (Å²) in [4.78, 5) is 30.5. The number of nitrogens with one attached hydrogen (secondary N) is 1. The van der Waals surface area contributed by atoms with Gasteiger partial charge in [0.15, 0.2) is 0 Å². The van der Waals surface area contributed by atoms with Gasteiger partial charge in [-0.2, -0.15) is 0 Å². The number of carbonyl (C=O) groups excluding carboxylic acids is 2. The van der Waals surface area contributed by atoms with Gasteiger partial charge < -0.3 is 19.9 Å². The van der Waals surface area contributed by atoms with Crippen LogP contribution < -0.4 is 5.32 Å². The first-order valence-electron chi connectivity index (χ1n) is 6.65.